The molecule has 0 radical (unpaired) electrons. The lowest BCUT2D eigenvalue weighted by molar-refractivity contribution is -0.253. The number of carbonyl (C=O) groups is 1. The van der Waals surface area contributed by atoms with Gasteiger partial charge in [-0.25, -0.2) is 8.42 Å². The lowest BCUT2D eigenvalue weighted by atomic mass is 9.98. The number of hydrogen-bond donors (Lipinski definition) is 3. The van der Waals surface area contributed by atoms with Crippen LogP contribution in [0.3, 0.4) is 0 Å². The van der Waals surface area contributed by atoms with Crippen molar-refractivity contribution in [1.82, 2.24) is 9.62 Å². The Balaban J connectivity index is 1.11. The number of hydrogen-bond acceptors (Lipinski definition) is 7. The maximum atomic E-state index is 14.0. The van der Waals surface area contributed by atoms with E-state index in [1.165, 1.54) is 28.5 Å². The number of aryl methyl sites for hydroxylation is 1. The zero-order valence-electron chi connectivity index (χ0n) is 32.4. The van der Waals surface area contributed by atoms with Crippen molar-refractivity contribution in [2.24, 2.45) is 0 Å². The summed E-state index contributed by atoms with van der Waals surface area (Å²) in [6, 6.07) is 44.9. The van der Waals surface area contributed by atoms with E-state index in [0.717, 1.165) is 22.3 Å². The van der Waals surface area contributed by atoms with Gasteiger partial charge >= 0.3 is 0 Å². The van der Waals surface area contributed by atoms with Crippen molar-refractivity contribution in [2.75, 3.05) is 18.9 Å². The fraction of sp³-hybridized carbons (Fsp3) is 0.255. The number of likely N-dealkylation sites (N-methyl/N-ethyl adjacent to an activating group) is 1. The van der Waals surface area contributed by atoms with Gasteiger partial charge in [0.15, 0.2) is 6.29 Å². The van der Waals surface area contributed by atoms with Crippen LogP contribution in [0.4, 0.5) is 5.69 Å². The Morgan fingerprint density at radius 3 is 2.25 bits per heavy atom. The van der Waals surface area contributed by atoms with E-state index in [9.17, 15) is 18.3 Å². The quantitative estimate of drug-likeness (QED) is 0.102. The molecule has 0 saturated carbocycles. The van der Waals surface area contributed by atoms with Crippen molar-refractivity contribution in [3.8, 4) is 0 Å². The molecule has 6 aromatic rings. The zero-order valence-corrected chi connectivity index (χ0v) is 33.2. The number of aliphatic hydroxyl groups excluding tert-OH is 1. The predicted octanol–water partition coefficient (Wildman–Crippen LogP) is 8.41. The molecule has 1 aliphatic rings. The Morgan fingerprint density at radius 2 is 1.51 bits per heavy atom. The number of nitrogens with one attached hydrogen (secondary N) is 2. The van der Waals surface area contributed by atoms with Crippen molar-refractivity contribution in [3.63, 3.8) is 0 Å². The molecule has 1 heterocycles. The molecule has 0 bridgehead atoms. The Bertz CT molecular complexity index is 2390. The molecule has 294 valence electrons. The van der Waals surface area contributed by atoms with Gasteiger partial charge in [0.05, 0.1) is 23.7 Å². The molecule has 57 heavy (non-hydrogen) atoms. The van der Waals surface area contributed by atoms with Gasteiger partial charge in [-0.15, -0.1) is 0 Å². The second-order valence-corrected chi connectivity index (χ2v) is 16.6. The van der Waals surface area contributed by atoms with Gasteiger partial charge in [-0.05, 0) is 90.7 Å². The smallest absolute Gasteiger partial charge is 0.242 e. The first-order valence-corrected chi connectivity index (χ1v) is 20.8. The van der Waals surface area contributed by atoms with Crippen LogP contribution in [0.25, 0.3) is 10.8 Å². The molecule has 1 fully saturated rings. The topological polar surface area (TPSA) is 117 Å². The third kappa shape index (κ3) is 10.0. The summed E-state index contributed by atoms with van der Waals surface area (Å²) < 4.78 is 43.0. The average Bonchev–Trinajstić information content (AvgIpc) is 3.23. The zero-order chi connectivity index (χ0) is 39.9. The number of anilines is 1. The maximum absolute atomic E-state index is 14.0. The highest BCUT2D eigenvalue weighted by Gasteiger charge is 2.34. The van der Waals surface area contributed by atoms with Crippen LogP contribution in [0.5, 0.6) is 0 Å². The van der Waals surface area contributed by atoms with E-state index in [1.807, 2.05) is 85.8 Å². The molecule has 3 N–H and O–H groups in total. The predicted molar refractivity (Wildman–Crippen MR) is 224 cm³/mol. The summed E-state index contributed by atoms with van der Waals surface area (Å²) in [5, 5.41) is 15.0. The highest BCUT2D eigenvalue weighted by atomic mass is 32.2. The molecule has 9 nitrogen and oxygen atoms in total. The SMILES string of the molecule is Cc1ccc(S(=O)(=O)N[C@H](Cc2ccccc2)C(=O)Nc2cccc([C@H]3O[C@@H](CN(C)[C@H](C)c4ccc5ccccc5c4)C[C@@H](c4ccc(CO)cc4)O3)c2)cc1. The van der Waals surface area contributed by atoms with Crippen molar-refractivity contribution in [1.29, 1.82) is 0 Å². The van der Waals surface area contributed by atoms with Crippen LogP contribution < -0.4 is 10.0 Å². The van der Waals surface area contributed by atoms with Gasteiger partial charge in [-0.3, -0.25) is 9.69 Å². The average molecular weight is 784 g/mol. The molecule has 5 atom stereocenters. The highest BCUT2D eigenvalue weighted by molar-refractivity contribution is 7.89. The first-order chi connectivity index (χ1) is 27.5. The van der Waals surface area contributed by atoms with Crippen molar-refractivity contribution in [3.05, 3.63) is 179 Å². The standard InChI is InChI=1S/C47H49N3O6S/c1-32-16-24-43(25-17-32)57(53,54)49-44(26-34-10-5-4-6-11-34)46(52)48-41-15-9-14-40(28-41)47-55-42(29-45(56-47)37-20-18-35(31-51)19-21-37)30-50(3)33(2)38-23-22-36-12-7-8-13-39(36)27-38/h4-25,27-28,33,42,44-45,47,49,51H,26,29-31H2,1-3H3,(H,48,52)/t33-,42-,44-,45+,47+/m1/s1. The third-order valence-corrected chi connectivity index (χ3v) is 12.2. The first-order valence-electron chi connectivity index (χ1n) is 19.3. The van der Waals surface area contributed by atoms with Crippen molar-refractivity contribution in [2.45, 2.75) is 68.8 Å². The van der Waals surface area contributed by atoms with Crippen LogP contribution in [0, 0.1) is 6.92 Å². The van der Waals surface area contributed by atoms with E-state index in [1.54, 1.807) is 18.2 Å². The number of aliphatic hydroxyl groups is 1. The number of rotatable bonds is 14. The Kier molecular flexibility index (Phi) is 12.6. The number of sulfonamides is 1. The molecule has 6 aromatic carbocycles. The molecule has 10 heteroatoms. The molecular weight excluding hydrogens is 735 g/mol. The molecular formula is C47H49N3O6S. The van der Waals surface area contributed by atoms with E-state index in [4.69, 9.17) is 9.47 Å². The lowest BCUT2D eigenvalue weighted by Gasteiger charge is -2.39. The largest absolute Gasteiger partial charge is 0.392 e. The van der Waals surface area contributed by atoms with Gasteiger partial charge in [0.25, 0.3) is 0 Å². The van der Waals surface area contributed by atoms with Crippen LogP contribution >= 0.6 is 0 Å². The summed E-state index contributed by atoms with van der Waals surface area (Å²) in [5.74, 6) is -0.499. The van der Waals surface area contributed by atoms with Gasteiger partial charge in [0.1, 0.15) is 6.04 Å². The number of nitrogens with zero attached hydrogens (tertiary/aromatic N) is 1. The maximum Gasteiger partial charge on any atom is 0.242 e. The number of carbonyl (C=O) groups excluding carboxylic acids is 1. The van der Waals surface area contributed by atoms with Crippen molar-refractivity contribution >= 4 is 32.4 Å². The van der Waals surface area contributed by atoms with Crippen LogP contribution in [0.1, 0.15) is 65.2 Å². The number of fused-ring (bicyclic) bond motifs is 1. The van der Waals surface area contributed by atoms with Crippen LogP contribution in [-0.2, 0) is 37.3 Å². The summed E-state index contributed by atoms with van der Waals surface area (Å²) in [4.78, 5) is 16.3. The number of benzene rings is 6. The van der Waals surface area contributed by atoms with E-state index in [-0.39, 0.29) is 36.2 Å². The minimum absolute atomic E-state index is 0.0459. The van der Waals surface area contributed by atoms with Gasteiger partial charge < -0.3 is 19.9 Å². The molecule has 0 spiro atoms. The van der Waals surface area contributed by atoms with Gasteiger partial charge in [0.2, 0.25) is 15.9 Å². The molecule has 0 aromatic heterocycles. The first kappa shape index (κ1) is 40.0. The minimum Gasteiger partial charge on any atom is -0.392 e. The Labute approximate surface area is 335 Å². The number of amides is 1. The van der Waals surface area contributed by atoms with Crippen LogP contribution in [0.2, 0.25) is 0 Å². The van der Waals surface area contributed by atoms with E-state index < -0.39 is 28.3 Å². The summed E-state index contributed by atoms with van der Waals surface area (Å²) in [7, 11) is -1.91. The molecule has 7 rings (SSSR count). The van der Waals surface area contributed by atoms with Gasteiger partial charge in [-0.2, -0.15) is 4.72 Å². The van der Waals surface area contributed by atoms with Crippen molar-refractivity contribution < 1.29 is 27.8 Å². The fourth-order valence-corrected chi connectivity index (χ4v) is 8.43. The summed E-state index contributed by atoms with van der Waals surface area (Å²) >= 11 is 0. The second kappa shape index (κ2) is 17.9. The molecule has 0 unspecified atom stereocenters. The summed E-state index contributed by atoms with van der Waals surface area (Å²) in [6.07, 6.45) is -0.495. The van der Waals surface area contributed by atoms with E-state index >= 15 is 0 Å². The summed E-state index contributed by atoms with van der Waals surface area (Å²) in [5.41, 5.74) is 5.93. The van der Waals surface area contributed by atoms with Gasteiger partial charge in [0, 0.05) is 30.3 Å². The Hall–Kier alpha value is -5.20. The fourth-order valence-electron chi connectivity index (χ4n) is 7.24. The molecule has 0 aliphatic carbocycles. The lowest BCUT2D eigenvalue weighted by Crippen LogP contribution is -2.45. The molecule has 1 amide bonds. The van der Waals surface area contributed by atoms with E-state index in [2.05, 4.69) is 65.3 Å². The van der Waals surface area contributed by atoms with E-state index in [0.29, 0.717) is 24.2 Å². The van der Waals surface area contributed by atoms with Gasteiger partial charge in [-0.1, -0.05) is 121 Å². The highest BCUT2D eigenvalue weighted by Crippen LogP contribution is 2.39. The third-order valence-electron chi connectivity index (χ3n) is 10.7. The normalized spacial score (nSPS) is 18.3. The van der Waals surface area contributed by atoms with Crippen LogP contribution in [-0.4, -0.2) is 50.1 Å². The molecule has 1 saturated heterocycles. The second-order valence-electron chi connectivity index (χ2n) is 14.9. The summed E-state index contributed by atoms with van der Waals surface area (Å²) in [6.45, 7) is 4.67. The Morgan fingerprint density at radius 1 is 0.789 bits per heavy atom. The minimum atomic E-state index is -4.01. The number of ether oxygens (including phenoxy) is 2. The van der Waals surface area contributed by atoms with Crippen LogP contribution in [0.15, 0.2) is 150 Å². The molecule has 1 aliphatic heterocycles. The monoisotopic (exact) mass is 783 g/mol.